The maximum Gasteiger partial charge on any atom is 0.412 e. The van der Waals surface area contributed by atoms with Crippen LogP contribution in [-0.4, -0.2) is 52.2 Å². The quantitative estimate of drug-likeness (QED) is 0.477. The van der Waals surface area contributed by atoms with E-state index in [1.807, 2.05) is 0 Å². The van der Waals surface area contributed by atoms with Crippen LogP contribution < -0.4 is 14.8 Å². The number of hydrogen-bond donors (Lipinski definition) is 1. The van der Waals surface area contributed by atoms with Crippen molar-refractivity contribution in [3.05, 3.63) is 29.1 Å². The van der Waals surface area contributed by atoms with Crippen molar-refractivity contribution < 1.29 is 33.3 Å². The summed E-state index contributed by atoms with van der Waals surface area (Å²) in [6.45, 7) is 5.63. The number of ether oxygens (including phenoxy) is 5. The zero-order valence-electron chi connectivity index (χ0n) is 18.0. The molecule has 1 heterocycles. The normalized spacial score (nSPS) is 11.0. The van der Waals surface area contributed by atoms with Crippen LogP contribution in [0.4, 0.5) is 9.80 Å². The Labute approximate surface area is 180 Å². The van der Waals surface area contributed by atoms with E-state index >= 15 is 0 Å². The highest BCUT2D eigenvalue weighted by Gasteiger charge is 2.25. The van der Waals surface area contributed by atoms with Gasteiger partial charge in [0.15, 0.2) is 11.5 Å². The van der Waals surface area contributed by atoms with Gasteiger partial charge in [-0.2, -0.15) is 0 Å². The second-order valence-corrected chi connectivity index (χ2v) is 8.06. The molecule has 0 unspecified atom stereocenters. The monoisotopic (exact) mass is 437 g/mol. The fourth-order valence-corrected chi connectivity index (χ4v) is 3.50. The van der Waals surface area contributed by atoms with Crippen LogP contribution in [0.25, 0.3) is 11.1 Å². The highest BCUT2D eigenvalue weighted by atomic mass is 32.1. The number of nitrogens with one attached hydrogen (secondary N) is 1. The summed E-state index contributed by atoms with van der Waals surface area (Å²) < 4.78 is 26.2. The minimum atomic E-state index is -0.674. The van der Waals surface area contributed by atoms with E-state index in [1.165, 1.54) is 25.6 Å². The Balaban J connectivity index is 2.43. The molecule has 9 heteroatoms. The Morgan fingerprint density at radius 1 is 1.03 bits per heavy atom. The molecule has 164 valence electrons. The molecule has 0 bridgehead atoms. The van der Waals surface area contributed by atoms with Gasteiger partial charge in [-0.15, -0.1) is 11.3 Å². The Morgan fingerprint density at radius 3 is 2.33 bits per heavy atom. The van der Waals surface area contributed by atoms with Gasteiger partial charge in [0.05, 0.1) is 20.8 Å². The van der Waals surface area contributed by atoms with E-state index in [0.717, 1.165) is 0 Å². The van der Waals surface area contributed by atoms with Gasteiger partial charge in [-0.05, 0) is 38.5 Å². The number of amides is 1. The van der Waals surface area contributed by atoms with Crippen molar-refractivity contribution >= 4 is 28.4 Å². The summed E-state index contributed by atoms with van der Waals surface area (Å²) in [4.78, 5) is 25.1. The molecule has 0 saturated heterocycles. The highest BCUT2D eigenvalue weighted by Crippen LogP contribution is 2.39. The molecule has 2 rings (SSSR count). The molecule has 0 fully saturated rings. The van der Waals surface area contributed by atoms with Crippen molar-refractivity contribution in [2.75, 3.05) is 39.9 Å². The van der Waals surface area contributed by atoms with E-state index in [9.17, 15) is 9.59 Å². The predicted molar refractivity (Wildman–Crippen MR) is 115 cm³/mol. The third-order valence-electron chi connectivity index (χ3n) is 3.82. The molecule has 0 spiro atoms. The van der Waals surface area contributed by atoms with Gasteiger partial charge in [-0.25, -0.2) is 9.59 Å². The number of carbonyl (C=O) groups is 2. The summed E-state index contributed by atoms with van der Waals surface area (Å²) in [5.74, 6) is 0.499. The zero-order chi connectivity index (χ0) is 22.3. The van der Waals surface area contributed by atoms with Gasteiger partial charge in [-0.1, -0.05) is 6.07 Å². The summed E-state index contributed by atoms with van der Waals surface area (Å²) in [5.41, 5.74) is 0.857. The van der Waals surface area contributed by atoms with Crippen molar-refractivity contribution in [1.82, 2.24) is 0 Å². The third kappa shape index (κ3) is 6.11. The SMILES string of the molecule is COCCOC(=O)c1c(-c2ccc(OC)c(OC)c2)csc1NC(=O)OC(C)(C)C. The van der Waals surface area contributed by atoms with Crippen molar-refractivity contribution in [1.29, 1.82) is 0 Å². The largest absolute Gasteiger partial charge is 0.493 e. The number of esters is 1. The Morgan fingerprint density at radius 2 is 1.73 bits per heavy atom. The molecule has 0 saturated carbocycles. The Hall–Kier alpha value is -2.78. The summed E-state index contributed by atoms with van der Waals surface area (Å²) in [5, 5.41) is 4.74. The summed E-state index contributed by atoms with van der Waals surface area (Å²) >= 11 is 1.20. The fourth-order valence-electron chi connectivity index (χ4n) is 2.55. The number of anilines is 1. The molecule has 1 aromatic carbocycles. The first-order chi connectivity index (χ1) is 14.2. The molecular formula is C21H27NO7S. The van der Waals surface area contributed by atoms with Gasteiger partial charge in [0.2, 0.25) is 0 Å². The van der Waals surface area contributed by atoms with Gasteiger partial charge in [-0.3, -0.25) is 5.32 Å². The lowest BCUT2D eigenvalue weighted by Gasteiger charge is -2.19. The van der Waals surface area contributed by atoms with Gasteiger partial charge >= 0.3 is 12.1 Å². The van der Waals surface area contributed by atoms with Crippen LogP contribution in [0.5, 0.6) is 11.5 Å². The van der Waals surface area contributed by atoms with Crippen LogP contribution in [0.15, 0.2) is 23.6 Å². The number of hydrogen-bond acceptors (Lipinski definition) is 8. The number of thiophene rings is 1. The lowest BCUT2D eigenvalue weighted by molar-refractivity contribution is 0.0390. The van der Waals surface area contributed by atoms with Crippen LogP contribution >= 0.6 is 11.3 Å². The lowest BCUT2D eigenvalue weighted by atomic mass is 10.0. The second kappa shape index (κ2) is 10.3. The van der Waals surface area contributed by atoms with E-state index < -0.39 is 17.7 Å². The Bertz CT molecular complexity index is 886. The average Bonchev–Trinajstić information content (AvgIpc) is 3.09. The molecule has 30 heavy (non-hydrogen) atoms. The van der Waals surface area contributed by atoms with Gasteiger partial charge < -0.3 is 23.7 Å². The van der Waals surface area contributed by atoms with Crippen LogP contribution in [0.2, 0.25) is 0 Å². The first kappa shape index (κ1) is 23.5. The van der Waals surface area contributed by atoms with Crippen molar-refractivity contribution in [3.63, 3.8) is 0 Å². The number of methoxy groups -OCH3 is 3. The molecule has 0 aliphatic heterocycles. The third-order valence-corrected chi connectivity index (χ3v) is 4.72. The van der Waals surface area contributed by atoms with E-state index in [0.29, 0.717) is 27.6 Å². The lowest BCUT2D eigenvalue weighted by Crippen LogP contribution is -2.27. The Kier molecular flexibility index (Phi) is 8.08. The average molecular weight is 438 g/mol. The highest BCUT2D eigenvalue weighted by molar-refractivity contribution is 7.15. The molecule has 1 N–H and O–H groups in total. The van der Waals surface area contributed by atoms with Gasteiger partial charge in [0.1, 0.15) is 22.8 Å². The maximum atomic E-state index is 12.8. The summed E-state index contributed by atoms with van der Waals surface area (Å²) in [6, 6.07) is 5.30. The fraction of sp³-hybridized carbons (Fsp3) is 0.429. The van der Waals surface area contributed by atoms with E-state index in [2.05, 4.69) is 5.32 Å². The second-order valence-electron chi connectivity index (χ2n) is 7.18. The molecule has 1 amide bonds. The maximum absolute atomic E-state index is 12.8. The molecule has 0 aliphatic rings. The predicted octanol–water partition coefficient (Wildman–Crippen LogP) is 4.58. The van der Waals surface area contributed by atoms with Crippen LogP contribution in [-0.2, 0) is 14.2 Å². The molecule has 1 aromatic heterocycles. The molecule has 8 nitrogen and oxygen atoms in total. The topological polar surface area (TPSA) is 92.3 Å². The van der Waals surface area contributed by atoms with Crippen LogP contribution in [0.3, 0.4) is 0 Å². The van der Waals surface area contributed by atoms with Crippen molar-refractivity contribution in [2.24, 2.45) is 0 Å². The molecule has 2 aromatic rings. The molecule has 0 radical (unpaired) electrons. The molecule has 0 atom stereocenters. The van der Waals surface area contributed by atoms with Crippen LogP contribution in [0, 0.1) is 0 Å². The van der Waals surface area contributed by atoms with E-state index in [1.54, 1.807) is 51.5 Å². The standard InChI is InChI=1S/C21H27NO7S/c1-21(2,3)29-20(24)22-18-17(19(23)28-10-9-25-4)14(12-30-18)13-7-8-15(26-5)16(11-13)27-6/h7-8,11-12H,9-10H2,1-6H3,(H,22,24). The summed E-state index contributed by atoms with van der Waals surface area (Å²) in [6.07, 6.45) is -0.658. The zero-order valence-corrected chi connectivity index (χ0v) is 18.8. The molecular weight excluding hydrogens is 410 g/mol. The first-order valence-corrected chi connectivity index (χ1v) is 10.1. The van der Waals surface area contributed by atoms with Crippen LogP contribution in [0.1, 0.15) is 31.1 Å². The smallest absolute Gasteiger partial charge is 0.412 e. The van der Waals surface area contributed by atoms with E-state index in [-0.39, 0.29) is 18.8 Å². The van der Waals surface area contributed by atoms with Crippen molar-refractivity contribution in [3.8, 4) is 22.6 Å². The minimum absolute atomic E-state index is 0.0857. The van der Waals surface area contributed by atoms with Gasteiger partial charge in [0.25, 0.3) is 0 Å². The van der Waals surface area contributed by atoms with E-state index in [4.69, 9.17) is 23.7 Å². The number of carbonyl (C=O) groups excluding carboxylic acids is 2. The first-order valence-electron chi connectivity index (χ1n) is 9.20. The van der Waals surface area contributed by atoms with Gasteiger partial charge in [0, 0.05) is 18.1 Å². The number of benzene rings is 1. The number of rotatable bonds is 8. The molecule has 0 aliphatic carbocycles. The van der Waals surface area contributed by atoms with Crippen molar-refractivity contribution in [2.45, 2.75) is 26.4 Å². The minimum Gasteiger partial charge on any atom is -0.493 e. The summed E-state index contributed by atoms with van der Waals surface area (Å²) in [7, 11) is 4.59.